The number of hydrogen-bond acceptors (Lipinski definition) is 3. The first-order valence-electron chi connectivity index (χ1n) is 9.23. The second-order valence-electron chi connectivity index (χ2n) is 8.58. The number of carbonyl (C=O) groups is 3. The molecule has 4 fully saturated rings. The van der Waals surface area contributed by atoms with Crippen LogP contribution in [0.3, 0.4) is 0 Å². The van der Waals surface area contributed by atoms with E-state index in [1.807, 2.05) is 0 Å². The summed E-state index contributed by atoms with van der Waals surface area (Å²) < 4.78 is 0. The number of carbonyl (C=O) groups excluding carboxylic acids is 3. The smallest absolute Gasteiger partial charge is 0.261 e. The van der Waals surface area contributed by atoms with Crippen LogP contribution in [-0.2, 0) is 4.79 Å². The van der Waals surface area contributed by atoms with Gasteiger partial charge in [0.05, 0.1) is 16.5 Å². The van der Waals surface area contributed by atoms with E-state index in [1.54, 1.807) is 18.2 Å². The van der Waals surface area contributed by atoms with Gasteiger partial charge in [0.2, 0.25) is 5.91 Å². The molecule has 4 bridgehead atoms. The SMILES string of the molecule is CN1C(=O)c2ccc(NC(=O)C34CC5CC(CC(C5)C3)C4)cc2C1=O. The lowest BCUT2D eigenvalue weighted by Crippen LogP contribution is -2.51. The summed E-state index contributed by atoms with van der Waals surface area (Å²) in [6.45, 7) is 0. The second kappa shape index (κ2) is 4.93. The zero-order valence-corrected chi connectivity index (χ0v) is 14.4. The number of anilines is 1. The molecule has 6 rings (SSSR count). The van der Waals surface area contributed by atoms with Crippen molar-refractivity contribution in [3.63, 3.8) is 0 Å². The first kappa shape index (κ1) is 15.1. The fourth-order valence-electron chi connectivity index (χ4n) is 6.09. The monoisotopic (exact) mass is 338 g/mol. The van der Waals surface area contributed by atoms with E-state index >= 15 is 0 Å². The van der Waals surface area contributed by atoms with Gasteiger partial charge in [0.25, 0.3) is 11.8 Å². The average molecular weight is 338 g/mol. The van der Waals surface area contributed by atoms with Gasteiger partial charge in [-0.3, -0.25) is 19.3 Å². The topological polar surface area (TPSA) is 66.5 Å². The highest BCUT2D eigenvalue weighted by Crippen LogP contribution is 2.60. The molecule has 0 radical (unpaired) electrons. The van der Waals surface area contributed by atoms with Crippen molar-refractivity contribution in [1.29, 1.82) is 0 Å². The van der Waals surface area contributed by atoms with Gasteiger partial charge in [-0.15, -0.1) is 0 Å². The number of imide groups is 1. The van der Waals surface area contributed by atoms with Crippen molar-refractivity contribution in [1.82, 2.24) is 4.90 Å². The third-order valence-electron chi connectivity index (χ3n) is 6.87. The van der Waals surface area contributed by atoms with E-state index < -0.39 is 0 Å². The van der Waals surface area contributed by atoms with Gasteiger partial charge in [0.15, 0.2) is 0 Å². The van der Waals surface area contributed by atoms with Crippen molar-refractivity contribution in [2.24, 2.45) is 23.2 Å². The highest BCUT2D eigenvalue weighted by atomic mass is 16.2. The van der Waals surface area contributed by atoms with E-state index in [4.69, 9.17) is 0 Å². The van der Waals surface area contributed by atoms with Crippen LogP contribution in [0, 0.1) is 23.2 Å². The Bertz CT molecular complexity index is 778. The Kier molecular flexibility index (Phi) is 2.98. The van der Waals surface area contributed by atoms with Crippen molar-refractivity contribution < 1.29 is 14.4 Å². The maximum atomic E-state index is 13.1. The van der Waals surface area contributed by atoms with Crippen molar-refractivity contribution >= 4 is 23.4 Å². The van der Waals surface area contributed by atoms with Gasteiger partial charge >= 0.3 is 0 Å². The van der Waals surface area contributed by atoms with E-state index in [0.717, 1.165) is 24.2 Å². The number of fused-ring (bicyclic) bond motifs is 1. The molecule has 130 valence electrons. The van der Waals surface area contributed by atoms with Crippen LogP contribution in [0.5, 0.6) is 0 Å². The van der Waals surface area contributed by atoms with Crippen LogP contribution in [-0.4, -0.2) is 29.7 Å². The summed E-state index contributed by atoms with van der Waals surface area (Å²) in [5, 5.41) is 3.06. The maximum Gasteiger partial charge on any atom is 0.261 e. The Hall–Kier alpha value is -2.17. The molecule has 5 heteroatoms. The van der Waals surface area contributed by atoms with Crippen LogP contribution in [0.1, 0.15) is 59.2 Å². The number of nitrogens with zero attached hydrogens (tertiary/aromatic N) is 1. The summed E-state index contributed by atoms with van der Waals surface area (Å²) in [5.41, 5.74) is 1.21. The van der Waals surface area contributed by atoms with Crippen LogP contribution in [0.15, 0.2) is 18.2 Å². The predicted molar refractivity (Wildman–Crippen MR) is 92.1 cm³/mol. The van der Waals surface area contributed by atoms with E-state index in [-0.39, 0.29) is 23.1 Å². The molecule has 1 aromatic rings. The minimum atomic E-state index is -0.300. The molecule has 0 aromatic heterocycles. The van der Waals surface area contributed by atoms with E-state index in [2.05, 4.69) is 5.32 Å². The Labute approximate surface area is 146 Å². The Morgan fingerprint density at radius 2 is 1.56 bits per heavy atom. The van der Waals surface area contributed by atoms with Gasteiger partial charge in [0, 0.05) is 12.7 Å². The highest BCUT2D eigenvalue weighted by molar-refractivity contribution is 6.21. The largest absolute Gasteiger partial charge is 0.326 e. The summed E-state index contributed by atoms with van der Waals surface area (Å²) in [7, 11) is 1.48. The molecule has 5 aliphatic rings. The van der Waals surface area contributed by atoms with Crippen LogP contribution < -0.4 is 5.32 Å². The lowest BCUT2D eigenvalue weighted by atomic mass is 9.49. The molecular formula is C20H22N2O3. The van der Waals surface area contributed by atoms with Crippen LogP contribution in [0.2, 0.25) is 0 Å². The van der Waals surface area contributed by atoms with E-state index in [9.17, 15) is 14.4 Å². The standard InChI is InChI=1S/C20H22N2O3/c1-22-17(23)15-3-2-14(7-16(15)18(22)24)21-19(25)20-8-11-4-12(9-20)6-13(5-11)10-20/h2-3,7,11-13H,4-6,8-10H2,1H3,(H,21,25). The molecule has 0 saturated heterocycles. The van der Waals surface area contributed by atoms with Gasteiger partial charge in [-0.05, 0) is 74.5 Å². The summed E-state index contributed by atoms with van der Waals surface area (Å²) >= 11 is 0. The Morgan fingerprint density at radius 3 is 2.16 bits per heavy atom. The highest BCUT2D eigenvalue weighted by Gasteiger charge is 2.54. The van der Waals surface area contributed by atoms with Gasteiger partial charge in [-0.25, -0.2) is 0 Å². The number of amides is 3. The molecular weight excluding hydrogens is 316 g/mol. The quantitative estimate of drug-likeness (QED) is 0.843. The lowest BCUT2D eigenvalue weighted by Gasteiger charge is -2.55. The zero-order valence-electron chi connectivity index (χ0n) is 14.4. The molecule has 0 unspecified atom stereocenters. The van der Waals surface area contributed by atoms with Crippen molar-refractivity contribution in [2.45, 2.75) is 38.5 Å². The average Bonchev–Trinajstić information content (AvgIpc) is 2.78. The van der Waals surface area contributed by atoms with Crippen LogP contribution in [0.4, 0.5) is 5.69 Å². The van der Waals surface area contributed by atoms with E-state index in [1.165, 1.54) is 26.3 Å². The summed E-state index contributed by atoms with van der Waals surface area (Å²) in [6, 6.07) is 5.04. The minimum Gasteiger partial charge on any atom is -0.326 e. The normalized spacial score (nSPS) is 35.2. The van der Waals surface area contributed by atoms with Gasteiger partial charge in [-0.1, -0.05) is 0 Å². The maximum absolute atomic E-state index is 13.1. The third-order valence-corrected chi connectivity index (χ3v) is 6.87. The molecule has 1 aromatic carbocycles. The van der Waals surface area contributed by atoms with E-state index in [0.29, 0.717) is 34.6 Å². The minimum absolute atomic E-state index is 0.108. The molecule has 1 aliphatic heterocycles. The number of hydrogen-bond donors (Lipinski definition) is 1. The lowest BCUT2D eigenvalue weighted by molar-refractivity contribution is -0.140. The molecule has 3 amide bonds. The van der Waals surface area contributed by atoms with Crippen molar-refractivity contribution in [3.8, 4) is 0 Å². The molecule has 4 aliphatic carbocycles. The Morgan fingerprint density at radius 1 is 1.00 bits per heavy atom. The first-order chi connectivity index (χ1) is 11.9. The summed E-state index contributed by atoms with van der Waals surface area (Å²) in [6.07, 6.45) is 6.93. The fourth-order valence-corrected chi connectivity index (χ4v) is 6.09. The molecule has 1 heterocycles. The molecule has 5 nitrogen and oxygen atoms in total. The second-order valence-corrected chi connectivity index (χ2v) is 8.58. The molecule has 4 saturated carbocycles. The third kappa shape index (κ3) is 2.11. The Balaban J connectivity index is 1.41. The first-order valence-corrected chi connectivity index (χ1v) is 9.23. The number of benzene rings is 1. The molecule has 0 atom stereocenters. The predicted octanol–water partition coefficient (Wildman–Crippen LogP) is 3.07. The number of rotatable bonds is 2. The van der Waals surface area contributed by atoms with Gasteiger partial charge in [-0.2, -0.15) is 0 Å². The van der Waals surface area contributed by atoms with Crippen LogP contribution in [0.25, 0.3) is 0 Å². The zero-order chi connectivity index (χ0) is 17.3. The van der Waals surface area contributed by atoms with Crippen molar-refractivity contribution in [2.75, 3.05) is 12.4 Å². The molecule has 25 heavy (non-hydrogen) atoms. The van der Waals surface area contributed by atoms with Crippen LogP contribution >= 0.6 is 0 Å². The van der Waals surface area contributed by atoms with Gasteiger partial charge < -0.3 is 5.32 Å². The molecule has 0 spiro atoms. The fraction of sp³-hybridized carbons (Fsp3) is 0.550. The van der Waals surface area contributed by atoms with Crippen molar-refractivity contribution in [3.05, 3.63) is 29.3 Å². The molecule has 1 N–H and O–H groups in total. The summed E-state index contributed by atoms with van der Waals surface area (Å²) in [4.78, 5) is 38.4. The summed E-state index contributed by atoms with van der Waals surface area (Å²) in [5.74, 6) is 1.67. The number of nitrogens with one attached hydrogen (secondary N) is 1. The van der Waals surface area contributed by atoms with Gasteiger partial charge in [0.1, 0.15) is 0 Å².